The molecule has 98 valence electrons. The summed E-state index contributed by atoms with van der Waals surface area (Å²) in [4.78, 5) is 4.67. The van der Waals surface area contributed by atoms with Crippen LogP contribution in [0.3, 0.4) is 0 Å². The third-order valence-corrected chi connectivity index (χ3v) is 3.40. The van der Waals surface area contributed by atoms with Gasteiger partial charge >= 0.3 is 0 Å². The molecular formula is C14H19ClN2O. The van der Waals surface area contributed by atoms with Crippen LogP contribution in [0.5, 0.6) is 0 Å². The maximum Gasteiger partial charge on any atom is 0.111 e. The van der Waals surface area contributed by atoms with E-state index in [0.717, 1.165) is 24.3 Å². The molecule has 0 fully saturated rings. The van der Waals surface area contributed by atoms with Crippen molar-refractivity contribution >= 4 is 22.6 Å². The summed E-state index contributed by atoms with van der Waals surface area (Å²) in [7, 11) is 1.73. The van der Waals surface area contributed by atoms with Crippen LogP contribution in [-0.4, -0.2) is 28.6 Å². The fourth-order valence-corrected chi connectivity index (χ4v) is 2.39. The van der Waals surface area contributed by atoms with Crippen molar-refractivity contribution in [1.29, 1.82) is 0 Å². The summed E-state index contributed by atoms with van der Waals surface area (Å²) in [6.45, 7) is 4.99. The zero-order valence-electron chi connectivity index (χ0n) is 11.1. The van der Waals surface area contributed by atoms with Crippen LogP contribution in [0.25, 0.3) is 11.0 Å². The first-order chi connectivity index (χ1) is 8.67. The Morgan fingerprint density at radius 3 is 2.89 bits per heavy atom. The van der Waals surface area contributed by atoms with Crippen LogP contribution in [-0.2, 0) is 17.7 Å². The number of hydrogen-bond acceptors (Lipinski definition) is 2. The second-order valence-electron chi connectivity index (χ2n) is 4.57. The molecule has 0 N–H and O–H groups in total. The molecule has 4 heteroatoms. The number of hydrogen-bond donors (Lipinski definition) is 0. The van der Waals surface area contributed by atoms with Gasteiger partial charge in [-0.3, -0.25) is 0 Å². The number of imidazole rings is 1. The van der Waals surface area contributed by atoms with Crippen LogP contribution in [0, 0.1) is 6.92 Å². The molecule has 0 radical (unpaired) electrons. The number of para-hydroxylation sites is 1. The minimum Gasteiger partial charge on any atom is -0.380 e. The molecule has 3 nitrogen and oxygen atoms in total. The van der Waals surface area contributed by atoms with Crippen molar-refractivity contribution in [2.75, 3.05) is 13.0 Å². The van der Waals surface area contributed by atoms with E-state index in [-0.39, 0.29) is 6.10 Å². The predicted molar refractivity (Wildman–Crippen MR) is 75.4 cm³/mol. The number of alkyl halides is 1. The molecule has 0 aliphatic heterocycles. The molecule has 1 heterocycles. The molecule has 0 aliphatic rings. The Balaban J connectivity index is 2.53. The van der Waals surface area contributed by atoms with Crippen molar-refractivity contribution < 1.29 is 4.74 Å². The molecular weight excluding hydrogens is 248 g/mol. The molecule has 0 saturated carbocycles. The lowest BCUT2D eigenvalue weighted by atomic mass is 10.2. The van der Waals surface area contributed by atoms with Crippen molar-refractivity contribution in [2.24, 2.45) is 0 Å². The lowest BCUT2D eigenvalue weighted by Gasteiger charge is -2.14. The lowest BCUT2D eigenvalue weighted by molar-refractivity contribution is 0.103. The fourth-order valence-electron chi connectivity index (χ4n) is 2.22. The Morgan fingerprint density at radius 2 is 2.22 bits per heavy atom. The smallest absolute Gasteiger partial charge is 0.111 e. The number of halogens is 1. The molecule has 1 aromatic heterocycles. The van der Waals surface area contributed by atoms with E-state index in [0.29, 0.717) is 5.88 Å². The lowest BCUT2D eigenvalue weighted by Crippen LogP contribution is -2.17. The van der Waals surface area contributed by atoms with E-state index in [1.807, 2.05) is 12.1 Å². The molecule has 2 rings (SSSR count). The summed E-state index contributed by atoms with van der Waals surface area (Å²) in [6.07, 6.45) is 0.947. The standard InChI is InChI=1S/C14H19ClN2O/c1-10-5-4-6-12-14(10)17(9-11(2)18-3)13(16-12)7-8-15/h4-6,11H,7-9H2,1-3H3. The summed E-state index contributed by atoms with van der Waals surface area (Å²) in [5.74, 6) is 1.63. The third-order valence-electron chi connectivity index (χ3n) is 3.21. The van der Waals surface area contributed by atoms with Crippen LogP contribution in [0.1, 0.15) is 18.3 Å². The average molecular weight is 267 g/mol. The van der Waals surface area contributed by atoms with E-state index in [9.17, 15) is 0 Å². The summed E-state index contributed by atoms with van der Waals surface area (Å²) in [6, 6.07) is 6.20. The van der Waals surface area contributed by atoms with Crippen molar-refractivity contribution in [3.05, 3.63) is 29.6 Å². The van der Waals surface area contributed by atoms with Gasteiger partial charge < -0.3 is 9.30 Å². The molecule has 0 aliphatic carbocycles. The van der Waals surface area contributed by atoms with E-state index in [2.05, 4.69) is 29.5 Å². The van der Waals surface area contributed by atoms with Crippen molar-refractivity contribution in [3.63, 3.8) is 0 Å². The number of rotatable bonds is 5. The van der Waals surface area contributed by atoms with Crippen LogP contribution < -0.4 is 0 Å². The van der Waals surface area contributed by atoms with Crippen molar-refractivity contribution in [3.8, 4) is 0 Å². The van der Waals surface area contributed by atoms with Gasteiger partial charge in [0.25, 0.3) is 0 Å². The number of aromatic nitrogens is 2. The van der Waals surface area contributed by atoms with Gasteiger partial charge in [-0.1, -0.05) is 12.1 Å². The number of nitrogens with zero attached hydrogens (tertiary/aromatic N) is 2. The van der Waals surface area contributed by atoms with Gasteiger partial charge in [0.2, 0.25) is 0 Å². The minimum atomic E-state index is 0.163. The largest absolute Gasteiger partial charge is 0.380 e. The van der Waals surface area contributed by atoms with Gasteiger partial charge in [-0.15, -0.1) is 11.6 Å². The summed E-state index contributed by atoms with van der Waals surface area (Å²) >= 11 is 5.86. The maximum atomic E-state index is 5.86. The Morgan fingerprint density at radius 1 is 1.44 bits per heavy atom. The highest BCUT2D eigenvalue weighted by atomic mass is 35.5. The number of benzene rings is 1. The first-order valence-electron chi connectivity index (χ1n) is 6.21. The van der Waals surface area contributed by atoms with Crippen LogP contribution in [0.15, 0.2) is 18.2 Å². The van der Waals surface area contributed by atoms with Gasteiger partial charge in [-0.2, -0.15) is 0 Å². The molecule has 1 unspecified atom stereocenters. The first kappa shape index (κ1) is 13.4. The highest BCUT2D eigenvalue weighted by Crippen LogP contribution is 2.21. The second kappa shape index (κ2) is 5.72. The Bertz CT molecular complexity index is 536. The highest BCUT2D eigenvalue weighted by molar-refractivity contribution is 6.17. The Hall–Kier alpha value is -1.06. The van der Waals surface area contributed by atoms with Gasteiger partial charge in [0, 0.05) is 19.4 Å². The highest BCUT2D eigenvalue weighted by Gasteiger charge is 2.14. The van der Waals surface area contributed by atoms with Gasteiger partial charge in [-0.05, 0) is 25.5 Å². The topological polar surface area (TPSA) is 27.1 Å². The van der Waals surface area contributed by atoms with Gasteiger partial charge in [0.1, 0.15) is 5.82 Å². The van der Waals surface area contributed by atoms with E-state index in [4.69, 9.17) is 16.3 Å². The maximum absolute atomic E-state index is 5.86. The van der Waals surface area contributed by atoms with Gasteiger partial charge in [-0.25, -0.2) is 4.98 Å². The predicted octanol–water partition coefficient (Wildman–Crippen LogP) is 3.16. The third kappa shape index (κ3) is 2.52. The van der Waals surface area contributed by atoms with E-state index < -0.39 is 0 Å². The summed E-state index contributed by atoms with van der Waals surface area (Å²) < 4.78 is 7.60. The van der Waals surface area contributed by atoms with Crippen molar-refractivity contribution in [2.45, 2.75) is 32.9 Å². The fraction of sp³-hybridized carbons (Fsp3) is 0.500. The molecule has 1 atom stereocenters. The van der Waals surface area contributed by atoms with Gasteiger partial charge in [0.15, 0.2) is 0 Å². The quantitative estimate of drug-likeness (QED) is 0.778. The molecule has 1 aromatic carbocycles. The number of fused-ring (bicyclic) bond motifs is 1. The van der Waals surface area contributed by atoms with Crippen LogP contribution in [0.2, 0.25) is 0 Å². The SMILES string of the molecule is COC(C)Cn1c(CCCl)nc2cccc(C)c21. The van der Waals surface area contributed by atoms with Crippen molar-refractivity contribution in [1.82, 2.24) is 9.55 Å². The summed E-state index contributed by atoms with van der Waals surface area (Å²) in [5, 5.41) is 0. The molecule has 0 spiro atoms. The average Bonchev–Trinajstić information content (AvgIpc) is 2.69. The Labute approximate surface area is 113 Å². The van der Waals surface area contributed by atoms with E-state index in [1.54, 1.807) is 7.11 Å². The monoisotopic (exact) mass is 266 g/mol. The van der Waals surface area contributed by atoms with Crippen LogP contribution >= 0.6 is 11.6 Å². The molecule has 2 aromatic rings. The summed E-state index contributed by atoms with van der Waals surface area (Å²) in [5.41, 5.74) is 3.48. The molecule has 0 amide bonds. The zero-order valence-corrected chi connectivity index (χ0v) is 11.9. The first-order valence-corrected chi connectivity index (χ1v) is 6.74. The number of ether oxygens (including phenoxy) is 1. The van der Waals surface area contributed by atoms with E-state index in [1.165, 1.54) is 11.1 Å². The number of aryl methyl sites for hydroxylation is 2. The normalized spacial score (nSPS) is 13.1. The Kier molecular flexibility index (Phi) is 4.25. The molecule has 0 saturated heterocycles. The van der Waals surface area contributed by atoms with Gasteiger partial charge in [0.05, 0.1) is 23.7 Å². The second-order valence-corrected chi connectivity index (χ2v) is 4.94. The minimum absolute atomic E-state index is 0.163. The zero-order chi connectivity index (χ0) is 13.1. The molecule has 18 heavy (non-hydrogen) atoms. The molecule has 0 bridgehead atoms. The van der Waals surface area contributed by atoms with E-state index >= 15 is 0 Å². The number of methoxy groups -OCH3 is 1. The van der Waals surface area contributed by atoms with Crippen LogP contribution in [0.4, 0.5) is 0 Å².